The highest BCUT2D eigenvalue weighted by atomic mass is 16.3. The number of anilines is 3. The Balaban J connectivity index is 1.01. The van der Waals surface area contributed by atoms with Gasteiger partial charge >= 0.3 is 0 Å². The number of fused-ring (bicyclic) bond motifs is 7. The maximum Gasteiger partial charge on any atom is 0.136 e. The first-order chi connectivity index (χ1) is 28.0. The van der Waals surface area contributed by atoms with Gasteiger partial charge in [0, 0.05) is 33.2 Å². The normalized spacial score (nSPS) is 12.9. The van der Waals surface area contributed by atoms with E-state index in [0.29, 0.717) is 0 Å². The summed E-state index contributed by atoms with van der Waals surface area (Å²) in [6.07, 6.45) is 0. The molecule has 1 aliphatic rings. The molecule has 2 nitrogen and oxygen atoms in total. The number of hydrogen-bond acceptors (Lipinski definition) is 2. The van der Waals surface area contributed by atoms with Crippen LogP contribution in [0.15, 0.2) is 205 Å². The smallest absolute Gasteiger partial charge is 0.136 e. The van der Waals surface area contributed by atoms with E-state index in [0.717, 1.165) is 50.1 Å². The average Bonchev–Trinajstić information content (AvgIpc) is 3.76. The largest absolute Gasteiger partial charge is 0.456 e. The summed E-state index contributed by atoms with van der Waals surface area (Å²) in [6.45, 7) is 4.70. The molecular weight excluding hydrogens is 691 g/mol. The fraction of sp³-hybridized carbons (Fsp3) is 0.0545. The van der Waals surface area contributed by atoms with Gasteiger partial charge < -0.3 is 9.32 Å². The maximum absolute atomic E-state index is 6.30. The first-order valence-corrected chi connectivity index (χ1v) is 19.8. The van der Waals surface area contributed by atoms with E-state index in [4.69, 9.17) is 4.42 Å². The van der Waals surface area contributed by atoms with Gasteiger partial charge in [-0.15, -0.1) is 0 Å². The van der Waals surface area contributed by atoms with Crippen LogP contribution in [0.1, 0.15) is 25.0 Å². The number of para-hydroxylation sites is 1. The van der Waals surface area contributed by atoms with Crippen LogP contribution >= 0.6 is 0 Å². The molecule has 0 bridgehead atoms. The van der Waals surface area contributed by atoms with Crippen molar-refractivity contribution in [2.75, 3.05) is 4.90 Å². The highest BCUT2D eigenvalue weighted by molar-refractivity contribution is 6.12. The third-order valence-electron chi connectivity index (χ3n) is 12.1. The van der Waals surface area contributed by atoms with Crippen LogP contribution in [-0.4, -0.2) is 0 Å². The van der Waals surface area contributed by atoms with Crippen LogP contribution in [0.25, 0.3) is 77.2 Å². The highest BCUT2D eigenvalue weighted by Crippen LogP contribution is 2.51. The Morgan fingerprint density at radius 1 is 0.368 bits per heavy atom. The minimum Gasteiger partial charge on any atom is -0.456 e. The number of benzene rings is 9. The number of hydrogen-bond donors (Lipinski definition) is 0. The molecule has 0 atom stereocenters. The number of nitrogens with zero attached hydrogens (tertiary/aromatic N) is 1. The number of rotatable bonds is 6. The molecule has 0 aliphatic heterocycles. The monoisotopic (exact) mass is 729 g/mol. The average molecular weight is 730 g/mol. The molecule has 10 aromatic rings. The lowest BCUT2D eigenvalue weighted by Gasteiger charge is -2.28. The SMILES string of the molecule is CC1(C)c2ccccc2-c2ccc(N(c3ccc(-c4ccc(-c5cccc6ccccc56)cc4)cc3)c3cccc(-c4cccc5oc6ccccc6c45)c3)cc21. The van der Waals surface area contributed by atoms with Crippen molar-refractivity contribution in [3.63, 3.8) is 0 Å². The van der Waals surface area contributed by atoms with Gasteiger partial charge in [-0.2, -0.15) is 0 Å². The topological polar surface area (TPSA) is 16.4 Å². The Hall–Kier alpha value is -7.16. The number of furan rings is 1. The molecule has 57 heavy (non-hydrogen) atoms. The molecule has 2 heteroatoms. The van der Waals surface area contributed by atoms with Gasteiger partial charge in [-0.25, -0.2) is 0 Å². The predicted octanol–water partition coefficient (Wildman–Crippen LogP) is 15.5. The van der Waals surface area contributed by atoms with E-state index in [2.05, 4.69) is 207 Å². The van der Waals surface area contributed by atoms with E-state index in [9.17, 15) is 0 Å². The van der Waals surface area contributed by atoms with Crippen molar-refractivity contribution in [3.05, 3.63) is 211 Å². The molecule has 270 valence electrons. The lowest BCUT2D eigenvalue weighted by Crippen LogP contribution is -2.16. The summed E-state index contributed by atoms with van der Waals surface area (Å²) in [4.78, 5) is 2.41. The molecule has 1 aliphatic carbocycles. The van der Waals surface area contributed by atoms with E-state index in [1.54, 1.807) is 0 Å². The molecule has 1 aromatic heterocycles. The van der Waals surface area contributed by atoms with Gasteiger partial charge in [-0.05, 0) is 115 Å². The zero-order chi connectivity index (χ0) is 38.1. The van der Waals surface area contributed by atoms with Crippen LogP contribution in [-0.2, 0) is 5.41 Å². The van der Waals surface area contributed by atoms with Crippen LogP contribution in [0.2, 0.25) is 0 Å². The van der Waals surface area contributed by atoms with E-state index >= 15 is 0 Å². The van der Waals surface area contributed by atoms with Crippen molar-refractivity contribution in [1.29, 1.82) is 0 Å². The fourth-order valence-electron chi connectivity index (χ4n) is 9.23. The molecule has 0 unspecified atom stereocenters. The predicted molar refractivity (Wildman–Crippen MR) is 240 cm³/mol. The molecule has 9 aromatic carbocycles. The quantitative estimate of drug-likeness (QED) is 0.169. The third-order valence-corrected chi connectivity index (χ3v) is 12.1. The van der Waals surface area contributed by atoms with Crippen molar-refractivity contribution in [2.45, 2.75) is 19.3 Å². The summed E-state index contributed by atoms with van der Waals surface area (Å²) in [5.41, 5.74) is 17.5. The molecule has 11 rings (SSSR count). The molecule has 0 saturated carbocycles. The van der Waals surface area contributed by atoms with Gasteiger partial charge in [0.25, 0.3) is 0 Å². The van der Waals surface area contributed by atoms with Crippen molar-refractivity contribution in [2.24, 2.45) is 0 Å². The standard InChI is InChI=1S/C55H39NO/c1-55(2)50-21-7-5-17-47(50)48-33-32-43(35-51(48)55)56(42-15-9-14-40(34-42)46-20-11-23-53-54(46)49-18-6-8-22-52(49)57-53)41-30-28-37(29-31-41)36-24-26-39(27-25-36)45-19-10-13-38-12-3-4-16-44(38)45/h3-35H,1-2H3. The molecule has 0 radical (unpaired) electrons. The van der Waals surface area contributed by atoms with Gasteiger partial charge in [-0.3, -0.25) is 0 Å². The molecule has 0 saturated heterocycles. The summed E-state index contributed by atoms with van der Waals surface area (Å²) in [6, 6.07) is 72.7. The first kappa shape index (κ1) is 33.2. The van der Waals surface area contributed by atoms with Crippen molar-refractivity contribution in [3.8, 4) is 44.5 Å². The van der Waals surface area contributed by atoms with Crippen LogP contribution in [0.3, 0.4) is 0 Å². The first-order valence-electron chi connectivity index (χ1n) is 19.8. The minimum absolute atomic E-state index is 0.116. The lowest BCUT2D eigenvalue weighted by atomic mass is 9.82. The molecular formula is C55H39NO. The zero-order valence-corrected chi connectivity index (χ0v) is 31.9. The van der Waals surface area contributed by atoms with E-state index in [1.807, 2.05) is 12.1 Å². The lowest BCUT2D eigenvalue weighted by molar-refractivity contribution is 0.660. The molecule has 1 heterocycles. The van der Waals surface area contributed by atoms with Crippen LogP contribution in [0.5, 0.6) is 0 Å². The summed E-state index contributed by atoms with van der Waals surface area (Å²) in [5.74, 6) is 0. The van der Waals surface area contributed by atoms with Gasteiger partial charge in [0.1, 0.15) is 11.2 Å². The second-order valence-electron chi connectivity index (χ2n) is 15.7. The van der Waals surface area contributed by atoms with E-state index in [-0.39, 0.29) is 5.41 Å². The van der Waals surface area contributed by atoms with Crippen molar-refractivity contribution >= 4 is 49.8 Å². The second kappa shape index (κ2) is 13.0. The summed E-state index contributed by atoms with van der Waals surface area (Å²) in [7, 11) is 0. The molecule has 0 amide bonds. The zero-order valence-electron chi connectivity index (χ0n) is 31.9. The Bertz CT molecular complexity index is 3140. The van der Waals surface area contributed by atoms with E-state index in [1.165, 1.54) is 55.3 Å². The Labute approximate surface area is 332 Å². The van der Waals surface area contributed by atoms with Crippen molar-refractivity contribution < 1.29 is 4.42 Å². The van der Waals surface area contributed by atoms with Gasteiger partial charge in [-0.1, -0.05) is 166 Å². The Kier molecular flexibility index (Phi) is 7.55. The Morgan fingerprint density at radius 3 is 1.81 bits per heavy atom. The third kappa shape index (κ3) is 5.40. The fourth-order valence-corrected chi connectivity index (χ4v) is 9.23. The second-order valence-corrected chi connectivity index (χ2v) is 15.7. The van der Waals surface area contributed by atoms with Crippen LogP contribution in [0, 0.1) is 0 Å². The van der Waals surface area contributed by atoms with Crippen LogP contribution < -0.4 is 4.90 Å². The molecule has 0 N–H and O–H groups in total. The molecule has 0 fully saturated rings. The molecule has 0 spiro atoms. The van der Waals surface area contributed by atoms with Crippen LogP contribution in [0.4, 0.5) is 17.1 Å². The summed E-state index contributed by atoms with van der Waals surface area (Å²) < 4.78 is 6.30. The van der Waals surface area contributed by atoms with E-state index < -0.39 is 0 Å². The van der Waals surface area contributed by atoms with Gasteiger partial charge in [0.05, 0.1) is 0 Å². The van der Waals surface area contributed by atoms with Crippen molar-refractivity contribution in [1.82, 2.24) is 0 Å². The summed E-state index contributed by atoms with van der Waals surface area (Å²) >= 11 is 0. The maximum atomic E-state index is 6.30. The van der Waals surface area contributed by atoms with Gasteiger partial charge in [0.15, 0.2) is 0 Å². The Morgan fingerprint density at radius 2 is 0.947 bits per heavy atom. The highest BCUT2D eigenvalue weighted by Gasteiger charge is 2.35. The summed E-state index contributed by atoms with van der Waals surface area (Å²) in [5, 5.41) is 4.80. The minimum atomic E-state index is -0.116. The van der Waals surface area contributed by atoms with Gasteiger partial charge in [0.2, 0.25) is 0 Å².